The van der Waals surface area contributed by atoms with Crippen molar-refractivity contribution in [3.8, 4) is 5.75 Å². The Hall–Kier alpha value is -1.55. The van der Waals surface area contributed by atoms with E-state index >= 15 is 0 Å². The van der Waals surface area contributed by atoms with Crippen LogP contribution in [0, 0.1) is 12.8 Å². The first-order chi connectivity index (χ1) is 8.15. The number of hydrogen-bond acceptors (Lipinski definition) is 3. The number of anilines is 1. The van der Waals surface area contributed by atoms with Gasteiger partial charge in [0, 0.05) is 19.0 Å². The van der Waals surface area contributed by atoms with Crippen molar-refractivity contribution in [3.05, 3.63) is 23.8 Å². The molecule has 0 aromatic heterocycles. The van der Waals surface area contributed by atoms with Gasteiger partial charge in [-0.1, -0.05) is 6.07 Å². The Balaban J connectivity index is 2.30. The first kappa shape index (κ1) is 11.9. The van der Waals surface area contributed by atoms with E-state index in [2.05, 4.69) is 0 Å². The molecule has 4 heteroatoms. The molecule has 1 unspecified atom stereocenters. The smallest absolute Gasteiger partial charge is 0.227 e. The minimum absolute atomic E-state index is 0.150. The fourth-order valence-corrected chi connectivity index (χ4v) is 2.18. The summed E-state index contributed by atoms with van der Waals surface area (Å²) in [5.41, 5.74) is 7.64. The van der Waals surface area contributed by atoms with Crippen LogP contribution in [-0.4, -0.2) is 26.1 Å². The summed E-state index contributed by atoms with van der Waals surface area (Å²) >= 11 is 0. The highest BCUT2D eigenvalue weighted by molar-refractivity contribution is 5.96. The number of benzene rings is 1. The van der Waals surface area contributed by atoms with Gasteiger partial charge in [-0.2, -0.15) is 0 Å². The molecule has 1 aliphatic rings. The van der Waals surface area contributed by atoms with E-state index in [1.807, 2.05) is 30.0 Å². The number of carbonyl (C=O) groups excluding carboxylic acids is 1. The summed E-state index contributed by atoms with van der Waals surface area (Å²) < 4.78 is 5.20. The molecule has 1 amide bonds. The van der Waals surface area contributed by atoms with Crippen molar-refractivity contribution in [2.24, 2.45) is 11.7 Å². The lowest BCUT2D eigenvalue weighted by molar-refractivity contribution is -0.117. The van der Waals surface area contributed by atoms with Crippen LogP contribution in [0.5, 0.6) is 5.75 Å². The van der Waals surface area contributed by atoms with Crippen LogP contribution in [0.4, 0.5) is 5.69 Å². The first-order valence-electron chi connectivity index (χ1n) is 5.80. The highest BCUT2D eigenvalue weighted by atomic mass is 16.5. The second-order valence-corrected chi connectivity index (χ2v) is 4.46. The molecule has 0 spiro atoms. The molecule has 1 saturated heterocycles. The minimum atomic E-state index is 0.150. The van der Waals surface area contributed by atoms with Gasteiger partial charge in [0.05, 0.1) is 12.8 Å². The van der Waals surface area contributed by atoms with Gasteiger partial charge in [-0.3, -0.25) is 4.79 Å². The van der Waals surface area contributed by atoms with Crippen molar-refractivity contribution < 1.29 is 9.53 Å². The minimum Gasteiger partial charge on any atom is -0.497 e. The fraction of sp³-hybridized carbons (Fsp3) is 0.462. The van der Waals surface area contributed by atoms with Crippen molar-refractivity contribution in [3.63, 3.8) is 0 Å². The lowest BCUT2D eigenvalue weighted by Gasteiger charge is -2.19. The average Bonchev–Trinajstić information content (AvgIpc) is 2.71. The number of nitrogens with zero attached hydrogens (tertiary/aromatic N) is 1. The van der Waals surface area contributed by atoms with E-state index in [-0.39, 0.29) is 11.8 Å². The summed E-state index contributed by atoms with van der Waals surface area (Å²) in [7, 11) is 1.63. The van der Waals surface area contributed by atoms with Crippen LogP contribution in [0.2, 0.25) is 0 Å². The van der Waals surface area contributed by atoms with Gasteiger partial charge >= 0.3 is 0 Å². The second kappa shape index (κ2) is 4.75. The highest BCUT2D eigenvalue weighted by Gasteiger charge is 2.30. The van der Waals surface area contributed by atoms with E-state index in [1.54, 1.807) is 7.11 Å². The third kappa shape index (κ3) is 2.26. The Kier molecular flexibility index (Phi) is 3.33. The normalized spacial score (nSPS) is 19.8. The molecule has 0 bridgehead atoms. The van der Waals surface area contributed by atoms with Gasteiger partial charge < -0.3 is 15.4 Å². The maximum Gasteiger partial charge on any atom is 0.227 e. The largest absolute Gasteiger partial charge is 0.497 e. The monoisotopic (exact) mass is 234 g/mol. The molecule has 1 atom stereocenters. The van der Waals surface area contributed by atoms with Crippen molar-refractivity contribution in [1.82, 2.24) is 0 Å². The van der Waals surface area contributed by atoms with Crippen LogP contribution >= 0.6 is 0 Å². The SMILES string of the molecule is COc1ccc(C)c(N2CC(CN)CC2=O)c1. The lowest BCUT2D eigenvalue weighted by Crippen LogP contribution is -2.26. The maximum absolute atomic E-state index is 11.9. The molecule has 1 aromatic carbocycles. The predicted molar refractivity (Wildman–Crippen MR) is 67.2 cm³/mol. The highest BCUT2D eigenvalue weighted by Crippen LogP contribution is 2.30. The number of methoxy groups -OCH3 is 1. The van der Waals surface area contributed by atoms with E-state index in [1.165, 1.54) is 0 Å². The van der Waals surface area contributed by atoms with Crippen LogP contribution in [0.1, 0.15) is 12.0 Å². The van der Waals surface area contributed by atoms with E-state index in [9.17, 15) is 4.79 Å². The molecule has 92 valence electrons. The van der Waals surface area contributed by atoms with Gasteiger partial charge in [-0.15, -0.1) is 0 Å². The molecule has 17 heavy (non-hydrogen) atoms. The van der Waals surface area contributed by atoms with Crippen LogP contribution < -0.4 is 15.4 Å². The van der Waals surface area contributed by atoms with Crippen LogP contribution in [0.3, 0.4) is 0 Å². The van der Waals surface area contributed by atoms with Gasteiger partial charge in [-0.25, -0.2) is 0 Å². The molecule has 0 saturated carbocycles. The summed E-state index contributed by atoms with van der Waals surface area (Å²) in [6.45, 7) is 3.27. The zero-order chi connectivity index (χ0) is 12.4. The zero-order valence-electron chi connectivity index (χ0n) is 10.3. The van der Waals surface area contributed by atoms with E-state index in [4.69, 9.17) is 10.5 Å². The first-order valence-corrected chi connectivity index (χ1v) is 5.80. The number of aryl methyl sites for hydroxylation is 1. The fourth-order valence-electron chi connectivity index (χ4n) is 2.18. The molecular weight excluding hydrogens is 216 g/mol. The quantitative estimate of drug-likeness (QED) is 0.858. The van der Waals surface area contributed by atoms with Crippen molar-refractivity contribution in [2.45, 2.75) is 13.3 Å². The summed E-state index contributed by atoms with van der Waals surface area (Å²) in [4.78, 5) is 13.7. The number of nitrogens with two attached hydrogens (primary N) is 1. The van der Waals surface area contributed by atoms with E-state index in [0.29, 0.717) is 19.5 Å². The van der Waals surface area contributed by atoms with Gasteiger partial charge in [0.1, 0.15) is 5.75 Å². The van der Waals surface area contributed by atoms with Gasteiger partial charge in [-0.05, 0) is 31.0 Å². The van der Waals surface area contributed by atoms with Gasteiger partial charge in [0.15, 0.2) is 0 Å². The Morgan fingerprint density at radius 2 is 2.29 bits per heavy atom. The molecule has 0 aliphatic carbocycles. The van der Waals surface area contributed by atoms with E-state index < -0.39 is 0 Å². The molecule has 2 rings (SSSR count). The second-order valence-electron chi connectivity index (χ2n) is 4.46. The number of hydrogen-bond donors (Lipinski definition) is 1. The number of carbonyl (C=O) groups is 1. The molecule has 1 aliphatic heterocycles. The average molecular weight is 234 g/mol. The molecule has 1 heterocycles. The third-order valence-corrected chi connectivity index (χ3v) is 3.25. The Morgan fingerprint density at radius 1 is 1.53 bits per heavy atom. The lowest BCUT2D eigenvalue weighted by atomic mass is 10.1. The Labute approximate surface area is 101 Å². The number of rotatable bonds is 3. The standard InChI is InChI=1S/C13H18N2O2/c1-9-3-4-11(17-2)6-12(9)15-8-10(7-14)5-13(15)16/h3-4,6,10H,5,7-8,14H2,1-2H3. The predicted octanol–water partition coefficient (Wildman–Crippen LogP) is 1.32. The number of amides is 1. The van der Waals surface area contributed by atoms with Crippen molar-refractivity contribution in [1.29, 1.82) is 0 Å². The third-order valence-electron chi connectivity index (χ3n) is 3.25. The van der Waals surface area contributed by atoms with Gasteiger partial charge in [0.25, 0.3) is 0 Å². The van der Waals surface area contributed by atoms with Crippen molar-refractivity contribution in [2.75, 3.05) is 25.1 Å². The molecule has 1 aromatic rings. The summed E-state index contributed by atoms with van der Waals surface area (Å²) in [5, 5.41) is 0. The van der Waals surface area contributed by atoms with Crippen LogP contribution in [-0.2, 0) is 4.79 Å². The molecule has 2 N–H and O–H groups in total. The van der Waals surface area contributed by atoms with Crippen molar-refractivity contribution >= 4 is 11.6 Å². The summed E-state index contributed by atoms with van der Waals surface area (Å²) in [6, 6.07) is 5.78. The van der Waals surface area contributed by atoms with Crippen LogP contribution in [0.15, 0.2) is 18.2 Å². The topological polar surface area (TPSA) is 55.6 Å². The Bertz CT molecular complexity index is 431. The van der Waals surface area contributed by atoms with E-state index in [0.717, 1.165) is 17.0 Å². The van der Waals surface area contributed by atoms with Crippen LogP contribution in [0.25, 0.3) is 0 Å². The van der Waals surface area contributed by atoms with Gasteiger partial charge in [0.2, 0.25) is 5.91 Å². The number of ether oxygens (including phenoxy) is 1. The summed E-state index contributed by atoms with van der Waals surface area (Å²) in [5.74, 6) is 1.19. The summed E-state index contributed by atoms with van der Waals surface area (Å²) in [6.07, 6.45) is 0.549. The molecular formula is C13H18N2O2. The maximum atomic E-state index is 11.9. The molecule has 0 radical (unpaired) electrons. The zero-order valence-corrected chi connectivity index (χ0v) is 10.3. The molecule has 4 nitrogen and oxygen atoms in total. The Morgan fingerprint density at radius 3 is 2.88 bits per heavy atom. The molecule has 1 fully saturated rings.